The molecule has 0 unspecified atom stereocenters. The van der Waals surface area contributed by atoms with Gasteiger partial charge in [0.1, 0.15) is 5.75 Å². The monoisotopic (exact) mass is 332 g/mol. The topological polar surface area (TPSA) is 24.8 Å². The van der Waals surface area contributed by atoms with E-state index in [-0.39, 0.29) is 6.23 Å². The van der Waals surface area contributed by atoms with Crippen molar-refractivity contribution in [3.05, 3.63) is 65.7 Å². The fourth-order valence-corrected chi connectivity index (χ4v) is 4.60. The molecule has 1 saturated carbocycles. The summed E-state index contributed by atoms with van der Waals surface area (Å²) in [5, 5.41) is 7.34. The van der Waals surface area contributed by atoms with Crippen LogP contribution in [0.3, 0.4) is 0 Å². The van der Waals surface area contributed by atoms with Gasteiger partial charge < -0.3 is 4.74 Å². The second-order valence-corrected chi connectivity index (χ2v) is 7.46. The molecule has 3 nitrogen and oxygen atoms in total. The molecule has 0 aromatic heterocycles. The highest BCUT2D eigenvalue weighted by Gasteiger charge is 2.43. The summed E-state index contributed by atoms with van der Waals surface area (Å²) in [6.45, 7) is 0. The van der Waals surface area contributed by atoms with E-state index in [4.69, 9.17) is 9.84 Å². The lowest BCUT2D eigenvalue weighted by Gasteiger charge is -2.42. The van der Waals surface area contributed by atoms with Gasteiger partial charge in [0.15, 0.2) is 6.23 Å². The van der Waals surface area contributed by atoms with Gasteiger partial charge in [-0.3, -0.25) is 0 Å². The van der Waals surface area contributed by atoms with Crippen molar-refractivity contribution in [2.45, 2.75) is 50.8 Å². The normalized spacial score (nSPS) is 25.8. The second-order valence-electron chi connectivity index (χ2n) is 7.46. The fraction of sp³-hybridized carbons (Fsp3) is 0.409. The molecule has 0 bridgehead atoms. The lowest BCUT2D eigenvalue weighted by molar-refractivity contribution is -0.0643. The zero-order valence-corrected chi connectivity index (χ0v) is 14.5. The highest BCUT2D eigenvalue weighted by atomic mass is 16.5. The predicted octanol–water partition coefficient (Wildman–Crippen LogP) is 5.14. The number of fused-ring (bicyclic) bond motifs is 3. The van der Waals surface area contributed by atoms with Crippen molar-refractivity contribution in [2.75, 3.05) is 0 Å². The number of rotatable bonds is 2. The molecule has 2 heterocycles. The zero-order chi connectivity index (χ0) is 16.6. The van der Waals surface area contributed by atoms with E-state index in [0.717, 1.165) is 12.2 Å². The van der Waals surface area contributed by atoms with Gasteiger partial charge >= 0.3 is 0 Å². The molecule has 3 aliphatic rings. The third kappa shape index (κ3) is 2.62. The summed E-state index contributed by atoms with van der Waals surface area (Å²) >= 11 is 0. The molecule has 25 heavy (non-hydrogen) atoms. The van der Waals surface area contributed by atoms with E-state index in [1.165, 1.54) is 48.9 Å². The summed E-state index contributed by atoms with van der Waals surface area (Å²) in [7, 11) is 0. The number of nitrogens with zero attached hydrogens (tertiary/aromatic N) is 2. The third-order valence-electron chi connectivity index (χ3n) is 5.89. The molecule has 0 N–H and O–H groups in total. The molecule has 128 valence electrons. The van der Waals surface area contributed by atoms with Crippen LogP contribution in [0, 0.1) is 5.92 Å². The Hall–Kier alpha value is -2.29. The van der Waals surface area contributed by atoms with Crippen LogP contribution in [0.25, 0.3) is 0 Å². The predicted molar refractivity (Wildman–Crippen MR) is 99.6 cm³/mol. The van der Waals surface area contributed by atoms with Crippen LogP contribution >= 0.6 is 0 Å². The standard InChI is InChI=1S/C22H24N2O/c1-3-9-16(10-4-1)19-15-20-18-13-7-8-14-21(18)25-22(24(20)23-19)17-11-5-2-6-12-17/h1,3-4,7-10,13-14,17,20,22H,2,5-6,11-12,15H2/t20-,22-/m1/s1. The second kappa shape index (κ2) is 6.21. The molecule has 2 aromatic carbocycles. The summed E-state index contributed by atoms with van der Waals surface area (Å²) < 4.78 is 6.49. The van der Waals surface area contributed by atoms with E-state index in [9.17, 15) is 0 Å². The number of hydrogen-bond acceptors (Lipinski definition) is 3. The molecule has 0 amide bonds. The molecular formula is C22H24N2O. The first-order chi connectivity index (χ1) is 12.4. The van der Waals surface area contributed by atoms with E-state index in [1.54, 1.807) is 0 Å². The van der Waals surface area contributed by atoms with Crippen molar-refractivity contribution < 1.29 is 4.74 Å². The number of hydrogen-bond donors (Lipinski definition) is 0. The van der Waals surface area contributed by atoms with Gasteiger partial charge in [0.25, 0.3) is 0 Å². The lowest BCUT2D eigenvalue weighted by atomic mass is 9.86. The number of ether oxygens (including phenoxy) is 1. The van der Waals surface area contributed by atoms with Gasteiger partial charge in [-0.05, 0) is 24.5 Å². The maximum absolute atomic E-state index is 6.49. The molecule has 2 atom stereocenters. The first-order valence-electron chi connectivity index (χ1n) is 9.57. The first-order valence-corrected chi connectivity index (χ1v) is 9.57. The van der Waals surface area contributed by atoms with Crippen LogP contribution in [0.15, 0.2) is 59.7 Å². The van der Waals surface area contributed by atoms with E-state index in [2.05, 4.69) is 59.6 Å². The van der Waals surface area contributed by atoms with Crippen LogP contribution < -0.4 is 4.74 Å². The van der Waals surface area contributed by atoms with Gasteiger partial charge in [-0.25, -0.2) is 5.01 Å². The van der Waals surface area contributed by atoms with E-state index < -0.39 is 0 Å². The van der Waals surface area contributed by atoms with Crippen LogP contribution in [0.5, 0.6) is 5.75 Å². The van der Waals surface area contributed by atoms with E-state index in [1.807, 2.05) is 0 Å². The molecule has 2 aliphatic heterocycles. The summed E-state index contributed by atoms with van der Waals surface area (Å²) in [5.74, 6) is 1.65. The maximum atomic E-state index is 6.49. The summed E-state index contributed by atoms with van der Waals surface area (Å²) in [6.07, 6.45) is 7.56. The van der Waals surface area contributed by atoms with Gasteiger partial charge in [-0.15, -0.1) is 0 Å². The minimum Gasteiger partial charge on any atom is -0.468 e. The first kappa shape index (κ1) is 15.0. The largest absolute Gasteiger partial charge is 0.468 e. The van der Waals surface area contributed by atoms with Crippen molar-refractivity contribution >= 4 is 5.71 Å². The number of para-hydroxylation sites is 1. The van der Waals surface area contributed by atoms with Crippen molar-refractivity contribution in [3.63, 3.8) is 0 Å². The van der Waals surface area contributed by atoms with Crippen molar-refractivity contribution in [2.24, 2.45) is 11.0 Å². The molecular weight excluding hydrogens is 308 g/mol. The van der Waals surface area contributed by atoms with Crippen molar-refractivity contribution in [1.29, 1.82) is 0 Å². The van der Waals surface area contributed by atoms with Gasteiger partial charge in [0.05, 0.1) is 11.8 Å². The Labute approximate surface area is 149 Å². The highest BCUT2D eigenvalue weighted by Crippen LogP contribution is 2.46. The Balaban J connectivity index is 1.53. The molecule has 3 heteroatoms. The Morgan fingerprint density at radius 3 is 2.48 bits per heavy atom. The van der Waals surface area contributed by atoms with Crippen LogP contribution in [0.2, 0.25) is 0 Å². The maximum Gasteiger partial charge on any atom is 0.190 e. The van der Waals surface area contributed by atoms with Crippen LogP contribution in [0.1, 0.15) is 55.7 Å². The van der Waals surface area contributed by atoms with Gasteiger partial charge in [0.2, 0.25) is 0 Å². The van der Waals surface area contributed by atoms with E-state index in [0.29, 0.717) is 12.0 Å². The minimum absolute atomic E-state index is 0.0846. The van der Waals surface area contributed by atoms with Crippen LogP contribution in [-0.2, 0) is 0 Å². The molecule has 0 spiro atoms. The number of hydrazone groups is 1. The Bertz CT molecular complexity index is 780. The van der Waals surface area contributed by atoms with Crippen molar-refractivity contribution in [1.82, 2.24) is 5.01 Å². The van der Waals surface area contributed by atoms with Gasteiger partial charge in [-0.2, -0.15) is 5.10 Å². The Kier molecular flexibility index (Phi) is 3.73. The molecule has 1 fully saturated rings. The fourth-order valence-electron chi connectivity index (χ4n) is 4.60. The summed E-state index contributed by atoms with van der Waals surface area (Å²) in [4.78, 5) is 0. The lowest BCUT2D eigenvalue weighted by Crippen LogP contribution is -2.45. The zero-order valence-electron chi connectivity index (χ0n) is 14.5. The average molecular weight is 332 g/mol. The Morgan fingerprint density at radius 2 is 1.64 bits per heavy atom. The molecule has 1 aliphatic carbocycles. The van der Waals surface area contributed by atoms with Gasteiger partial charge in [0, 0.05) is 17.9 Å². The summed E-state index contributed by atoms with van der Waals surface area (Å²) in [5.41, 5.74) is 3.70. The molecule has 0 saturated heterocycles. The summed E-state index contributed by atoms with van der Waals surface area (Å²) in [6, 6.07) is 19.4. The smallest absolute Gasteiger partial charge is 0.190 e. The van der Waals surface area contributed by atoms with Crippen LogP contribution in [-0.4, -0.2) is 16.9 Å². The third-order valence-corrected chi connectivity index (χ3v) is 5.89. The molecule has 2 aromatic rings. The van der Waals surface area contributed by atoms with Gasteiger partial charge in [-0.1, -0.05) is 67.8 Å². The highest BCUT2D eigenvalue weighted by molar-refractivity contribution is 6.01. The van der Waals surface area contributed by atoms with E-state index >= 15 is 0 Å². The number of benzene rings is 2. The average Bonchev–Trinajstić information content (AvgIpc) is 3.14. The minimum atomic E-state index is 0.0846. The van der Waals surface area contributed by atoms with Crippen molar-refractivity contribution in [3.8, 4) is 5.75 Å². The molecule has 5 rings (SSSR count). The van der Waals surface area contributed by atoms with Crippen LogP contribution in [0.4, 0.5) is 0 Å². The Morgan fingerprint density at radius 1 is 0.880 bits per heavy atom. The SMILES string of the molecule is c1ccc(C2=NN3[C@H](C2)c2ccccc2O[C@@H]3C2CCCCC2)cc1. The quantitative estimate of drug-likeness (QED) is 0.761. The molecule has 0 radical (unpaired) electrons.